The highest BCUT2D eigenvalue weighted by Crippen LogP contribution is 2.31. The van der Waals surface area contributed by atoms with Gasteiger partial charge in [0.05, 0.1) is 23.9 Å². The van der Waals surface area contributed by atoms with Crippen LogP contribution in [0, 0.1) is 11.7 Å². The third kappa shape index (κ3) is 5.01. The summed E-state index contributed by atoms with van der Waals surface area (Å²) in [6.45, 7) is 1.07. The van der Waals surface area contributed by atoms with Crippen molar-refractivity contribution in [3.8, 4) is 0 Å². The Kier molecular flexibility index (Phi) is 6.32. The van der Waals surface area contributed by atoms with Crippen molar-refractivity contribution in [1.82, 2.24) is 20.6 Å². The van der Waals surface area contributed by atoms with Crippen molar-refractivity contribution in [3.05, 3.63) is 57.9 Å². The van der Waals surface area contributed by atoms with Crippen LogP contribution in [0.5, 0.6) is 0 Å². The summed E-state index contributed by atoms with van der Waals surface area (Å²) in [5.41, 5.74) is 0.114. The molecule has 2 aromatic heterocycles. The molecule has 1 amide bonds. The number of hydrogen-bond acceptors (Lipinski definition) is 5. The Morgan fingerprint density at radius 2 is 1.88 bits per heavy atom. The fourth-order valence-corrected chi connectivity index (χ4v) is 4.16. The van der Waals surface area contributed by atoms with Gasteiger partial charge in [-0.05, 0) is 43.7 Å². The number of amides is 1. The molecule has 0 spiro atoms. The summed E-state index contributed by atoms with van der Waals surface area (Å²) in [5.74, 6) is -0.0514. The van der Waals surface area contributed by atoms with E-state index in [0.29, 0.717) is 49.6 Å². The molecule has 0 atom stereocenters. The monoisotopic (exact) mass is 469 g/mol. The number of rotatable bonds is 4. The van der Waals surface area contributed by atoms with Crippen LogP contribution in [0.25, 0.3) is 0 Å². The molecule has 1 aliphatic heterocycles. The fraction of sp³-hybridized carbons (Fsp3) is 0.429. The van der Waals surface area contributed by atoms with Crippen LogP contribution in [0.15, 0.2) is 29.5 Å². The van der Waals surface area contributed by atoms with Crippen LogP contribution >= 0.6 is 11.6 Å². The molecule has 170 valence electrons. The summed E-state index contributed by atoms with van der Waals surface area (Å²) in [6, 6.07) is 2.00. The van der Waals surface area contributed by atoms with E-state index in [1.165, 1.54) is 12.3 Å². The van der Waals surface area contributed by atoms with Crippen molar-refractivity contribution in [2.75, 3.05) is 6.54 Å². The summed E-state index contributed by atoms with van der Waals surface area (Å²) in [7, 11) is 0. The number of aliphatic imine (C=N–C) groups is 1. The van der Waals surface area contributed by atoms with Crippen LogP contribution in [0.1, 0.15) is 52.9 Å². The maximum absolute atomic E-state index is 13.3. The van der Waals surface area contributed by atoms with E-state index >= 15 is 0 Å². The Bertz CT molecular complexity index is 1050. The minimum atomic E-state index is -4.61. The van der Waals surface area contributed by atoms with E-state index in [1.807, 2.05) is 0 Å². The number of hydrogen-bond donors (Lipinski definition) is 2. The van der Waals surface area contributed by atoms with Gasteiger partial charge in [0.25, 0.3) is 5.91 Å². The zero-order chi connectivity index (χ0) is 22.9. The van der Waals surface area contributed by atoms with Crippen molar-refractivity contribution >= 4 is 23.3 Å². The number of fused-ring (bicyclic) bond motifs is 1. The van der Waals surface area contributed by atoms with Gasteiger partial charge >= 0.3 is 6.18 Å². The van der Waals surface area contributed by atoms with E-state index < -0.39 is 17.6 Å². The molecule has 2 aliphatic rings. The van der Waals surface area contributed by atoms with Gasteiger partial charge in [0, 0.05) is 24.3 Å². The summed E-state index contributed by atoms with van der Waals surface area (Å²) in [4.78, 5) is 24.4. The van der Waals surface area contributed by atoms with Crippen molar-refractivity contribution in [1.29, 1.82) is 0 Å². The minimum absolute atomic E-state index is 0.154. The van der Waals surface area contributed by atoms with E-state index in [1.54, 1.807) is 0 Å². The third-order valence-corrected chi connectivity index (χ3v) is 6.02. The number of nitrogens with one attached hydrogen (secondary N) is 2. The Labute approximate surface area is 186 Å². The lowest BCUT2D eigenvalue weighted by Crippen LogP contribution is -2.40. The number of halogens is 5. The largest absolute Gasteiger partial charge is 0.417 e. The maximum atomic E-state index is 13.3. The number of nitrogens with zero attached hydrogens (tertiary/aromatic N) is 3. The van der Waals surface area contributed by atoms with Gasteiger partial charge in [-0.15, -0.1) is 0 Å². The van der Waals surface area contributed by atoms with Gasteiger partial charge in [0.15, 0.2) is 0 Å². The normalized spacial score (nSPS) is 20.5. The average molecular weight is 470 g/mol. The molecule has 1 fully saturated rings. The third-order valence-electron chi connectivity index (χ3n) is 5.72. The minimum Gasteiger partial charge on any atom is -0.368 e. The van der Waals surface area contributed by atoms with E-state index in [9.17, 15) is 22.4 Å². The van der Waals surface area contributed by atoms with Crippen LogP contribution in [-0.4, -0.2) is 34.3 Å². The zero-order valence-electron chi connectivity index (χ0n) is 16.8. The first-order valence-corrected chi connectivity index (χ1v) is 10.5. The molecule has 0 unspecified atom stereocenters. The second-order valence-corrected chi connectivity index (χ2v) is 8.32. The highest BCUT2D eigenvalue weighted by Gasteiger charge is 2.33. The van der Waals surface area contributed by atoms with E-state index in [2.05, 4.69) is 25.6 Å². The molecule has 0 saturated heterocycles. The summed E-state index contributed by atoms with van der Waals surface area (Å²) in [5, 5.41) is 5.79. The number of alkyl halides is 3. The van der Waals surface area contributed by atoms with Crippen molar-refractivity contribution in [2.45, 2.75) is 44.4 Å². The Balaban J connectivity index is 1.27. The summed E-state index contributed by atoms with van der Waals surface area (Å²) >= 11 is 5.85. The van der Waals surface area contributed by atoms with E-state index in [0.717, 1.165) is 24.5 Å². The van der Waals surface area contributed by atoms with Crippen molar-refractivity contribution < 1.29 is 22.4 Å². The molecular formula is C21H20ClF4N5O. The van der Waals surface area contributed by atoms with Gasteiger partial charge in [-0.1, -0.05) is 11.6 Å². The Morgan fingerprint density at radius 1 is 1.12 bits per heavy atom. The molecule has 1 saturated carbocycles. The molecule has 2 aromatic rings. The van der Waals surface area contributed by atoms with E-state index in [-0.39, 0.29) is 22.6 Å². The molecule has 2 N–H and O–H groups in total. The smallest absolute Gasteiger partial charge is 0.368 e. The fourth-order valence-electron chi connectivity index (χ4n) is 3.97. The zero-order valence-corrected chi connectivity index (χ0v) is 17.6. The Hall–Kier alpha value is -2.75. The van der Waals surface area contributed by atoms with Gasteiger partial charge in [-0.2, -0.15) is 13.2 Å². The predicted octanol–water partition coefficient (Wildman–Crippen LogP) is 4.13. The van der Waals surface area contributed by atoms with E-state index in [4.69, 9.17) is 11.6 Å². The lowest BCUT2D eigenvalue weighted by Gasteiger charge is -2.29. The number of aromatic nitrogens is 2. The van der Waals surface area contributed by atoms with Gasteiger partial charge in [-0.3, -0.25) is 9.79 Å². The second-order valence-electron chi connectivity index (χ2n) is 7.96. The molecular weight excluding hydrogens is 450 g/mol. The SMILES string of the molecule is O=C(NC1CCC(CNC2=NCc3cc(F)cnc32)CC1)c1cc(C(F)(F)F)cnc1Cl. The number of pyridine rings is 2. The predicted molar refractivity (Wildman–Crippen MR) is 110 cm³/mol. The van der Waals surface area contributed by atoms with Crippen LogP contribution in [-0.2, 0) is 12.7 Å². The van der Waals surface area contributed by atoms with Crippen LogP contribution < -0.4 is 10.6 Å². The molecule has 4 rings (SSSR count). The molecule has 6 nitrogen and oxygen atoms in total. The van der Waals surface area contributed by atoms with Crippen LogP contribution in [0.4, 0.5) is 17.6 Å². The Morgan fingerprint density at radius 3 is 2.59 bits per heavy atom. The number of carbonyl (C=O) groups is 1. The average Bonchev–Trinajstić information content (AvgIpc) is 3.14. The first-order chi connectivity index (χ1) is 15.2. The molecule has 0 radical (unpaired) electrons. The number of amidine groups is 1. The summed E-state index contributed by atoms with van der Waals surface area (Å²) < 4.78 is 52.0. The first-order valence-electron chi connectivity index (χ1n) is 10.2. The molecule has 0 bridgehead atoms. The first kappa shape index (κ1) is 22.4. The van der Waals surface area contributed by atoms with Gasteiger partial charge in [0.1, 0.15) is 22.5 Å². The quantitative estimate of drug-likeness (QED) is 0.521. The highest BCUT2D eigenvalue weighted by molar-refractivity contribution is 6.32. The molecule has 32 heavy (non-hydrogen) atoms. The molecule has 11 heteroatoms. The van der Waals surface area contributed by atoms with Gasteiger partial charge < -0.3 is 10.6 Å². The summed E-state index contributed by atoms with van der Waals surface area (Å²) in [6.07, 6.45) is 0.194. The lowest BCUT2D eigenvalue weighted by atomic mass is 9.86. The van der Waals surface area contributed by atoms with Crippen LogP contribution in [0.2, 0.25) is 5.15 Å². The maximum Gasteiger partial charge on any atom is 0.417 e. The topological polar surface area (TPSA) is 79.3 Å². The van der Waals surface area contributed by atoms with Crippen molar-refractivity contribution in [2.24, 2.45) is 10.9 Å². The lowest BCUT2D eigenvalue weighted by molar-refractivity contribution is -0.137. The van der Waals surface area contributed by atoms with Gasteiger partial charge in [-0.25, -0.2) is 14.4 Å². The molecule has 0 aromatic carbocycles. The molecule has 1 aliphatic carbocycles. The standard InChI is InChI=1S/C21H20ClF4N5O/c22-18-16(6-13(9-28-18)21(24,25)26)20(32)31-15-3-1-11(2-4-15)7-29-19-17-12(8-30-19)5-14(23)10-27-17/h5-6,9-11,15H,1-4,7-8H2,(H,29,30)(H,31,32). The van der Waals surface area contributed by atoms with Crippen molar-refractivity contribution in [3.63, 3.8) is 0 Å². The molecule has 3 heterocycles. The van der Waals surface area contributed by atoms with Crippen LogP contribution in [0.3, 0.4) is 0 Å². The highest BCUT2D eigenvalue weighted by atomic mass is 35.5. The van der Waals surface area contributed by atoms with Gasteiger partial charge in [0.2, 0.25) is 0 Å². The second kappa shape index (κ2) is 9.01. The number of carbonyl (C=O) groups excluding carboxylic acids is 1.